The fraction of sp³-hybridized carbons (Fsp3) is 0.733. The molecule has 0 aromatic carbocycles. The van der Waals surface area contributed by atoms with Gasteiger partial charge >= 0.3 is 5.97 Å². The van der Waals surface area contributed by atoms with E-state index in [2.05, 4.69) is 24.4 Å². The Kier molecular flexibility index (Phi) is 7.23. The molecule has 1 N–H and O–H groups in total. The highest BCUT2D eigenvalue weighted by atomic mass is 16.5. The number of hydrogen-bond donors (Lipinski definition) is 1. The monoisotopic (exact) mass is 266 g/mol. The summed E-state index contributed by atoms with van der Waals surface area (Å²) in [5, 5.41) is 4.19. The van der Waals surface area contributed by atoms with Crippen LogP contribution in [0, 0.1) is 5.92 Å². The van der Waals surface area contributed by atoms with E-state index in [4.69, 9.17) is 4.74 Å². The Morgan fingerprint density at radius 3 is 2.68 bits per heavy atom. The molecule has 0 bridgehead atoms. The minimum absolute atomic E-state index is 0.334. The molecule has 1 saturated carbocycles. The van der Waals surface area contributed by atoms with Crippen molar-refractivity contribution in [1.29, 1.82) is 0 Å². The van der Waals surface area contributed by atoms with E-state index in [1.807, 2.05) is 13.0 Å². The Bertz CT molecular complexity index is 338. The first-order valence-electron chi connectivity index (χ1n) is 7.30. The molecule has 0 aliphatic heterocycles. The molecule has 1 rings (SSSR count). The number of rotatable bonds is 7. The van der Waals surface area contributed by atoms with Crippen LogP contribution < -0.4 is 5.43 Å². The predicted octanol–water partition coefficient (Wildman–Crippen LogP) is 3.04. The van der Waals surface area contributed by atoms with Crippen molar-refractivity contribution < 1.29 is 9.53 Å². The fourth-order valence-corrected chi connectivity index (χ4v) is 2.00. The highest BCUT2D eigenvalue weighted by molar-refractivity contribution is 6.41. The number of allylic oxidation sites excluding steroid dienone is 1. The Hall–Kier alpha value is -1.32. The summed E-state index contributed by atoms with van der Waals surface area (Å²) < 4.78 is 5.04. The van der Waals surface area contributed by atoms with E-state index >= 15 is 0 Å². The van der Waals surface area contributed by atoms with Crippen molar-refractivity contribution in [1.82, 2.24) is 5.43 Å². The maximum Gasteiger partial charge on any atom is 0.358 e. The Morgan fingerprint density at radius 2 is 2.11 bits per heavy atom. The van der Waals surface area contributed by atoms with Gasteiger partial charge in [0.25, 0.3) is 0 Å². The van der Waals surface area contributed by atoms with Gasteiger partial charge in [0.15, 0.2) is 5.71 Å². The van der Waals surface area contributed by atoms with Crippen molar-refractivity contribution in [2.45, 2.75) is 52.9 Å². The van der Waals surface area contributed by atoms with Gasteiger partial charge in [-0.25, -0.2) is 4.79 Å². The van der Waals surface area contributed by atoms with Gasteiger partial charge in [-0.1, -0.05) is 19.4 Å². The van der Waals surface area contributed by atoms with E-state index in [-0.39, 0.29) is 5.97 Å². The molecule has 0 atom stereocenters. The number of hydrazone groups is 1. The molecule has 4 nitrogen and oxygen atoms in total. The van der Waals surface area contributed by atoms with E-state index in [9.17, 15) is 4.79 Å². The molecule has 0 unspecified atom stereocenters. The summed E-state index contributed by atoms with van der Waals surface area (Å²) >= 11 is 0. The van der Waals surface area contributed by atoms with Crippen molar-refractivity contribution in [3.05, 3.63) is 11.6 Å². The summed E-state index contributed by atoms with van der Waals surface area (Å²) in [4.78, 5) is 11.8. The Labute approximate surface area is 116 Å². The largest absolute Gasteiger partial charge is 0.461 e. The quantitative estimate of drug-likeness (QED) is 0.333. The molecule has 0 spiro atoms. The lowest BCUT2D eigenvalue weighted by Crippen LogP contribution is -2.21. The van der Waals surface area contributed by atoms with Crippen molar-refractivity contribution in [2.24, 2.45) is 11.0 Å². The maximum atomic E-state index is 11.8. The van der Waals surface area contributed by atoms with Gasteiger partial charge in [0.2, 0.25) is 0 Å². The molecule has 108 valence electrons. The standard InChI is InChI=1S/C15H26N2O2/c1-4-19-15(18)14(11-13-7-5-6-8-13)17-16-10-9-12(2)3/h11-12,16H,4-10H2,1-3H3/b17-14-. The van der Waals surface area contributed by atoms with Crippen molar-refractivity contribution >= 4 is 11.7 Å². The van der Waals surface area contributed by atoms with Gasteiger partial charge in [0, 0.05) is 6.54 Å². The van der Waals surface area contributed by atoms with Crippen LogP contribution >= 0.6 is 0 Å². The van der Waals surface area contributed by atoms with Crippen LogP contribution in [0.3, 0.4) is 0 Å². The Morgan fingerprint density at radius 1 is 1.42 bits per heavy atom. The molecule has 1 fully saturated rings. The Balaban J connectivity index is 2.60. The third-order valence-corrected chi connectivity index (χ3v) is 3.10. The lowest BCUT2D eigenvalue weighted by molar-refractivity contribution is -0.134. The molecule has 0 radical (unpaired) electrons. The number of esters is 1. The average molecular weight is 266 g/mol. The van der Waals surface area contributed by atoms with Crippen LogP contribution in [0.1, 0.15) is 52.9 Å². The maximum absolute atomic E-state index is 11.8. The van der Waals surface area contributed by atoms with Crippen LogP contribution in [0.25, 0.3) is 0 Å². The topological polar surface area (TPSA) is 50.7 Å². The molecule has 0 aromatic heterocycles. The molecule has 1 aliphatic rings. The van der Waals surface area contributed by atoms with Crippen LogP contribution in [0.5, 0.6) is 0 Å². The number of nitrogens with zero attached hydrogens (tertiary/aromatic N) is 1. The molecule has 0 saturated heterocycles. The van der Waals surface area contributed by atoms with E-state index in [1.165, 1.54) is 18.4 Å². The van der Waals surface area contributed by atoms with Crippen molar-refractivity contribution in [3.63, 3.8) is 0 Å². The van der Waals surface area contributed by atoms with E-state index < -0.39 is 0 Å². The van der Waals surface area contributed by atoms with E-state index in [1.54, 1.807) is 0 Å². The van der Waals surface area contributed by atoms with Crippen LogP contribution in [0.4, 0.5) is 0 Å². The van der Waals surface area contributed by atoms with Crippen molar-refractivity contribution in [3.8, 4) is 0 Å². The molecule has 0 heterocycles. The van der Waals surface area contributed by atoms with Gasteiger partial charge in [-0.3, -0.25) is 0 Å². The summed E-state index contributed by atoms with van der Waals surface area (Å²) in [6.07, 6.45) is 7.50. The van der Waals surface area contributed by atoms with Crippen LogP contribution in [-0.2, 0) is 9.53 Å². The van der Waals surface area contributed by atoms with Gasteiger partial charge in [0.1, 0.15) is 0 Å². The second-order valence-electron chi connectivity index (χ2n) is 5.32. The molecular formula is C15H26N2O2. The fourth-order valence-electron chi connectivity index (χ4n) is 2.00. The zero-order valence-corrected chi connectivity index (χ0v) is 12.4. The smallest absolute Gasteiger partial charge is 0.358 e. The van der Waals surface area contributed by atoms with E-state index in [0.717, 1.165) is 25.8 Å². The molecular weight excluding hydrogens is 240 g/mol. The summed E-state index contributed by atoms with van der Waals surface area (Å²) in [7, 11) is 0. The van der Waals surface area contributed by atoms with Crippen molar-refractivity contribution in [2.75, 3.05) is 13.2 Å². The summed E-state index contributed by atoms with van der Waals surface area (Å²) in [5.41, 5.74) is 4.68. The third kappa shape index (κ3) is 6.41. The first-order valence-corrected chi connectivity index (χ1v) is 7.30. The number of carbonyl (C=O) groups excluding carboxylic acids is 1. The van der Waals surface area contributed by atoms with Crippen LogP contribution in [0.15, 0.2) is 16.8 Å². The molecule has 0 amide bonds. The van der Waals surface area contributed by atoms with Gasteiger partial charge < -0.3 is 10.2 Å². The summed E-state index contributed by atoms with van der Waals surface area (Å²) in [6.45, 7) is 7.30. The number of nitrogens with one attached hydrogen (secondary N) is 1. The molecule has 19 heavy (non-hydrogen) atoms. The van der Waals surface area contributed by atoms with E-state index in [0.29, 0.717) is 18.2 Å². The lowest BCUT2D eigenvalue weighted by Gasteiger charge is -2.06. The third-order valence-electron chi connectivity index (χ3n) is 3.10. The minimum atomic E-state index is -0.334. The lowest BCUT2D eigenvalue weighted by atomic mass is 10.1. The van der Waals surface area contributed by atoms with Gasteiger partial charge in [0.05, 0.1) is 6.61 Å². The zero-order chi connectivity index (χ0) is 14.1. The summed E-state index contributed by atoms with van der Waals surface area (Å²) in [6, 6.07) is 0. The second-order valence-corrected chi connectivity index (χ2v) is 5.32. The predicted molar refractivity (Wildman–Crippen MR) is 78.1 cm³/mol. The van der Waals surface area contributed by atoms with Crippen LogP contribution in [-0.4, -0.2) is 24.8 Å². The molecule has 4 heteroatoms. The highest BCUT2D eigenvalue weighted by Gasteiger charge is 2.14. The van der Waals surface area contributed by atoms with Crippen LogP contribution in [0.2, 0.25) is 0 Å². The number of carbonyl (C=O) groups is 1. The first-order chi connectivity index (χ1) is 9.13. The SMILES string of the molecule is CCOC(=O)/C(C=C1CCCC1)=N\NCCC(C)C. The first kappa shape index (κ1) is 15.7. The number of hydrogen-bond acceptors (Lipinski definition) is 4. The molecule has 1 aliphatic carbocycles. The van der Waals surface area contributed by atoms with Gasteiger partial charge in [-0.05, 0) is 51.0 Å². The summed E-state index contributed by atoms with van der Waals surface area (Å²) in [5.74, 6) is 0.292. The highest BCUT2D eigenvalue weighted by Crippen LogP contribution is 2.23. The minimum Gasteiger partial charge on any atom is -0.461 e. The number of ether oxygens (including phenoxy) is 1. The normalized spacial score (nSPS) is 15.8. The zero-order valence-electron chi connectivity index (χ0n) is 12.4. The van der Waals surface area contributed by atoms with Gasteiger partial charge in [-0.2, -0.15) is 5.10 Å². The molecule has 0 aromatic rings. The van der Waals surface area contributed by atoms with Gasteiger partial charge in [-0.15, -0.1) is 0 Å². The second kappa shape index (κ2) is 8.73. The average Bonchev–Trinajstić information content (AvgIpc) is 2.85.